The van der Waals surface area contributed by atoms with Crippen LogP contribution in [0.1, 0.15) is 0 Å². The van der Waals surface area contributed by atoms with Gasteiger partial charge in [0.15, 0.2) is 6.30 Å². The van der Waals surface area contributed by atoms with E-state index in [4.69, 9.17) is 21.4 Å². The van der Waals surface area contributed by atoms with Crippen LogP contribution in [0.4, 0.5) is 4.39 Å². The molecule has 0 amide bonds. The second-order valence-electron chi connectivity index (χ2n) is 2.81. The predicted molar refractivity (Wildman–Crippen MR) is 44.0 cm³/mol. The van der Waals surface area contributed by atoms with Crippen LogP contribution in [0.5, 0.6) is 0 Å². The molecule has 0 aliphatic carbocycles. The summed E-state index contributed by atoms with van der Waals surface area (Å²) in [4.78, 5) is 1.54. The molecule has 1 aliphatic rings. The van der Waals surface area contributed by atoms with Gasteiger partial charge < -0.3 is 9.84 Å². The standard InChI is InChI=1S/C7H13ClFNO2/c8-3-6(11)4-10-1-2-12-5-7(10)9/h6-7,11H,1-5H2/t6-,7?/m0/s1. The fourth-order valence-corrected chi connectivity index (χ4v) is 1.23. The first-order valence-electron chi connectivity index (χ1n) is 3.94. The van der Waals surface area contributed by atoms with E-state index in [2.05, 4.69) is 0 Å². The topological polar surface area (TPSA) is 32.7 Å². The molecule has 0 aromatic heterocycles. The van der Waals surface area contributed by atoms with Crippen LogP contribution in [0.2, 0.25) is 0 Å². The van der Waals surface area contributed by atoms with Gasteiger partial charge in [0.2, 0.25) is 0 Å². The Labute approximate surface area is 76.1 Å². The highest BCUT2D eigenvalue weighted by Crippen LogP contribution is 2.08. The molecule has 72 valence electrons. The normalized spacial score (nSPS) is 28.8. The molecule has 1 rings (SSSR count). The summed E-state index contributed by atoms with van der Waals surface area (Å²) in [5, 5.41) is 9.15. The molecular formula is C7H13ClFNO2. The lowest BCUT2D eigenvalue weighted by Gasteiger charge is -2.31. The van der Waals surface area contributed by atoms with Crippen molar-refractivity contribution in [3.8, 4) is 0 Å². The molecule has 1 unspecified atom stereocenters. The molecule has 0 aromatic carbocycles. The van der Waals surface area contributed by atoms with Gasteiger partial charge in [-0.1, -0.05) is 0 Å². The molecule has 0 radical (unpaired) electrons. The predicted octanol–water partition coefficient (Wildman–Crippen LogP) is 0.214. The number of morpholine rings is 1. The lowest BCUT2D eigenvalue weighted by atomic mass is 10.3. The van der Waals surface area contributed by atoms with E-state index in [0.29, 0.717) is 13.2 Å². The number of β-amino-alcohol motifs (C(OH)–C–C–N with tert-alkyl or cyclic N) is 1. The van der Waals surface area contributed by atoms with Gasteiger partial charge in [0, 0.05) is 19.0 Å². The minimum atomic E-state index is -1.10. The number of ether oxygens (including phenoxy) is 1. The van der Waals surface area contributed by atoms with Gasteiger partial charge in [0.05, 0.1) is 19.3 Å². The van der Waals surface area contributed by atoms with Crippen molar-refractivity contribution in [1.82, 2.24) is 4.90 Å². The lowest BCUT2D eigenvalue weighted by molar-refractivity contribution is -0.0743. The molecule has 1 fully saturated rings. The van der Waals surface area contributed by atoms with Crippen LogP contribution in [0.3, 0.4) is 0 Å². The smallest absolute Gasteiger partial charge is 0.177 e. The molecule has 0 bridgehead atoms. The van der Waals surface area contributed by atoms with Crippen molar-refractivity contribution < 1.29 is 14.2 Å². The van der Waals surface area contributed by atoms with E-state index < -0.39 is 12.4 Å². The van der Waals surface area contributed by atoms with Crippen LogP contribution < -0.4 is 0 Å². The third-order valence-electron chi connectivity index (χ3n) is 1.80. The Balaban J connectivity index is 2.28. The summed E-state index contributed by atoms with van der Waals surface area (Å²) in [6, 6.07) is 0. The molecule has 5 heteroatoms. The average Bonchev–Trinajstić information content (AvgIpc) is 2.09. The zero-order valence-electron chi connectivity index (χ0n) is 6.75. The Morgan fingerprint density at radius 3 is 3.08 bits per heavy atom. The number of rotatable bonds is 3. The summed E-state index contributed by atoms with van der Waals surface area (Å²) in [5.74, 6) is 0.143. The van der Waals surface area contributed by atoms with Gasteiger partial charge in [0.1, 0.15) is 0 Å². The monoisotopic (exact) mass is 197 g/mol. The van der Waals surface area contributed by atoms with E-state index in [-0.39, 0.29) is 19.0 Å². The van der Waals surface area contributed by atoms with Crippen LogP contribution in [0.15, 0.2) is 0 Å². The second kappa shape index (κ2) is 4.97. The van der Waals surface area contributed by atoms with Crippen molar-refractivity contribution in [2.24, 2.45) is 0 Å². The molecular weight excluding hydrogens is 185 g/mol. The van der Waals surface area contributed by atoms with Crippen molar-refractivity contribution >= 4 is 11.6 Å². The van der Waals surface area contributed by atoms with Gasteiger partial charge in [-0.2, -0.15) is 0 Å². The Bertz CT molecular complexity index is 139. The van der Waals surface area contributed by atoms with E-state index >= 15 is 0 Å². The maximum atomic E-state index is 13.0. The number of hydrogen-bond donors (Lipinski definition) is 1. The summed E-state index contributed by atoms with van der Waals surface area (Å²) >= 11 is 5.39. The van der Waals surface area contributed by atoms with Crippen LogP contribution in [0, 0.1) is 0 Å². The molecule has 1 heterocycles. The van der Waals surface area contributed by atoms with Crippen LogP contribution in [-0.4, -0.2) is 54.6 Å². The number of aliphatic hydroxyl groups excluding tert-OH is 1. The molecule has 1 saturated heterocycles. The van der Waals surface area contributed by atoms with E-state index in [1.165, 1.54) is 4.90 Å². The Morgan fingerprint density at radius 2 is 2.50 bits per heavy atom. The molecule has 2 atom stereocenters. The molecule has 0 saturated carbocycles. The first kappa shape index (κ1) is 10.2. The molecule has 1 N–H and O–H groups in total. The van der Waals surface area contributed by atoms with Crippen molar-refractivity contribution in [3.05, 3.63) is 0 Å². The SMILES string of the molecule is O[C@@H](CCl)CN1CCOCC1F. The fraction of sp³-hybridized carbons (Fsp3) is 1.00. The molecule has 1 aliphatic heterocycles. The van der Waals surface area contributed by atoms with Crippen molar-refractivity contribution in [3.63, 3.8) is 0 Å². The largest absolute Gasteiger partial charge is 0.391 e. The lowest BCUT2D eigenvalue weighted by Crippen LogP contribution is -2.46. The zero-order valence-corrected chi connectivity index (χ0v) is 7.50. The quantitative estimate of drug-likeness (QED) is 0.519. The zero-order chi connectivity index (χ0) is 8.97. The highest BCUT2D eigenvalue weighted by Gasteiger charge is 2.23. The summed E-state index contributed by atoms with van der Waals surface area (Å²) in [6.45, 7) is 1.42. The molecule has 0 aromatic rings. The second-order valence-corrected chi connectivity index (χ2v) is 3.12. The highest BCUT2D eigenvalue weighted by atomic mass is 35.5. The van der Waals surface area contributed by atoms with Crippen molar-refractivity contribution in [2.75, 3.05) is 32.2 Å². The first-order valence-corrected chi connectivity index (χ1v) is 4.47. The van der Waals surface area contributed by atoms with Crippen LogP contribution >= 0.6 is 11.6 Å². The highest BCUT2D eigenvalue weighted by molar-refractivity contribution is 6.18. The Hall–Kier alpha value is 0.1000. The molecule has 3 nitrogen and oxygen atoms in total. The Morgan fingerprint density at radius 1 is 1.75 bits per heavy atom. The Kier molecular flexibility index (Phi) is 4.21. The average molecular weight is 198 g/mol. The van der Waals surface area contributed by atoms with Gasteiger partial charge in [-0.3, -0.25) is 4.90 Å². The van der Waals surface area contributed by atoms with Gasteiger partial charge in [-0.05, 0) is 0 Å². The summed E-state index contributed by atoms with van der Waals surface area (Å²) in [5.41, 5.74) is 0. The minimum absolute atomic E-state index is 0.0923. The number of halogens is 2. The maximum Gasteiger partial charge on any atom is 0.177 e. The van der Waals surface area contributed by atoms with Gasteiger partial charge in [-0.25, -0.2) is 4.39 Å². The van der Waals surface area contributed by atoms with Crippen LogP contribution in [-0.2, 0) is 4.74 Å². The number of aliphatic hydroxyl groups is 1. The summed E-state index contributed by atoms with van der Waals surface area (Å²) in [7, 11) is 0. The third kappa shape index (κ3) is 2.86. The van der Waals surface area contributed by atoms with Gasteiger partial charge in [-0.15, -0.1) is 11.6 Å². The van der Waals surface area contributed by atoms with E-state index in [1.54, 1.807) is 0 Å². The minimum Gasteiger partial charge on any atom is -0.391 e. The van der Waals surface area contributed by atoms with E-state index in [1.807, 2.05) is 0 Å². The fourth-order valence-electron chi connectivity index (χ4n) is 1.13. The summed E-state index contributed by atoms with van der Waals surface area (Å²) < 4.78 is 17.9. The first-order chi connectivity index (χ1) is 5.74. The van der Waals surface area contributed by atoms with E-state index in [0.717, 1.165) is 0 Å². The number of hydrogen-bond acceptors (Lipinski definition) is 3. The molecule has 12 heavy (non-hydrogen) atoms. The van der Waals surface area contributed by atoms with Crippen LogP contribution in [0.25, 0.3) is 0 Å². The van der Waals surface area contributed by atoms with Crippen molar-refractivity contribution in [1.29, 1.82) is 0 Å². The van der Waals surface area contributed by atoms with Crippen molar-refractivity contribution in [2.45, 2.75) is 12.4 Å². The van der Waals surface area contributed by atoms with Gasteiger partial charge in [0.25, 0.3) is 0 Å². The van der Waals surface area contributed by atoms with Gasteiger partial charge >= 0.3 is 0 Å². The number of nitrogens with zero attached hydrogens (tertiary/aromatic N) is 1. The number of alkyl halides is 2. The molecule has 0 spiro atoms. The third-order valence-corrected chi connectivity index (χ3v) is 2.15. The summed E-state index contributed by atoms with van der Waals surface area (Å²) in [6.07, 6.45) is -1.75. The maximum absolute atomic E-state index is 13.0. The van der Waals surface area contributed by atoms with E-state index in [9.17, 15) is 4.39 Å².